The Kier molecular flexibility index (Phi) is 8.01. The van der Waals surface area contributed by atoms with E-state index in [-0.39, 0.29) is 6.29 Å². The van der Waals surface area contributed by atoms with Crippen molar-refractivity contribution >= 4 is 12.2 Å². The van der Waals surface area contributed by atoms with E-state index in [2.05, 4.69) is 0 Å². The van der Waals surface area contributed by atoms with Crippen LogP contribution in [-0.4, -0.2) is 115 Å². The molecule has 0 aromatic heterocycles. The summed E-state index contributed by atoms with van der Waals surface area (Å²) < 4.78 is 5.24. The van der Waals surface area contributed by atoms with Gasteiger partial charge in [-0.05, 0) is 0 Å². The van der Waals surface area contributed by atoms with E-state index in [0.717, 1.165) is 6.92 Å². The number of amides is 1. The molecule has 0 aliphatic carbocycles. The lowest BCUT2D eigenvalue weighted by Crippen LogP contribution is -2.76. The third kappa shape index (κ3) is 4.19. The van der Waals surface area contributed by atoms with Gasteiger partial charge in [-0.3, -0.25) is 4.79 Å². The first-order valence-electron chi connectivity index (χ1n) is 7.85. The zero-order valence-electron chi connectivity index (χ0n) is 14.0. The van der Waals surface area contributed by atoms with Gasteiger partial charge in [-0.15, -0.1) is 0 Å². The topological polar surface area (TPSA) is 223 Å². The van der Waals surface area contributed by atoms with Crippen LogP contribution in [0.2, 0.25) is 0 Å². The maximum Gasteiger partial charge on any atom is 0.217 e. The second-order valence-electron chi connectivity index (χ2n) is 6.23. The number of carbonyl (C=O) groups excluding carboxylic acids is 2. The Balaban J connectivity index is 3.33. The van der Waals surface area contributed by atoms with Crippen LogP contribution < -0.4 is 11.1 Å². The molecule has 1 heterocycles. The highest BCUT2D eigenvalue weighted by molar-refractivity contribution is 5.77. The molecule has 0 unspecified atom stereocenters. The zero-order valence-corrected chi connectivity index (χ0v) is 14.0. The van der Waals surface area contributed by atoms with Crippen LogP contribution in [0.15, 0.2) is 0 Å². The minimum Gasteiger partial charge on any atom is -0.394 e. The maximum atomic E-state index is 11.2. The summed E-state index contributed by atoms with van der Waals surface area (Å²) in [6, 6.07) is -3.30. The van der Waals surface area contributed by atoms with Crippen molar-refractivity contribution < 1.29 is 50.1 Å². The molecule has 10 N–H and O–H groups in total. The lowest BCUT2D eigenvalue weighted by Gasteiger charge is -2.50. The van der Waals surface area contributed by atoms with Gasteiger partial charge in [0.05, 0.1) is 19.3 Å². The highest BCUT2D eigenvalue weighted by Gasteiger charge is 2.59. The molecule has 0 bridgehead atoms. The molecule has 1 saturated heterocycles. The second-order valence-corrected chi connectivity index (χ2v) is 6.23. The summed E-state index contributed by atoms with van der Waals surface area (Å²) in [6.07, 6.45) is -10.9. The summed E-state index contributed by atoms with van der Waals surface area (Å²) in [5, 5.41) is 71.8. The third-order valence-corrected chi connectivity index (χ3v) is 4.47. The standard InChI is InChI=1S/C14H26N2O10/c1-5(20)16-6(2-17)12(24)14(25,8(21)4-19)13-9(15)11(23)10(22)7(3-18)26-13/h2,6-13,18-19,21-25H,3-4,15H2,1H3,(H,16,20)/t6-,7+,8+,9+,10+,11+,12+,13+,14+/m0/s1. The Labute approximate surface area is 148 Å². The molecule has 9 atom stereocenters. The largest absolute Gasteiger partial charge is 0.394 e. The molecular formula is C14H26N2O10. The monoisotopic (exact) mass is 382 g/mol. The minimum absolute atomic E-state index is 0.0876. The predicted molar refractivity (Wildman–Crippen MR) is 83.5 cm³/mol. The summed E-state index contributed by atoms with van der Waals surface area (Å²) in [6.45, 7) is -0.866. The number of rotatable bonds is 8. The molecule has 0 saturated carbocycles. The van der Waals surface area contributed by atoms with E-state index < -0.39 is 73.4 Å². The van der Waals surface area contributed by atoms with Crippen LogP contribution in [-0.2, 0) is 14.3 Å². The van der Waals surface area contributed by atoms with Gasteiger partial charge in [0.1, 0.15) is 54.6 Å². The summed E-state index contributed by atoms with van der Waals surface area (Å²) in [4.78, 5) is 22.4. The third-order valence-electron chi connectivity index (χ3n) is 4.47. The van der Waals surface area contributed by atoms with Crippen LogP contribution in [0.5, 0.6) is 0 Å². The number of aliphatic hydroxyl groups excluding tert-OH is 6. The van der Waals surface area contributed by atoms with Gasteiger partial charge in [-0.2, -0.15) is 0 Å². The van der Waals surface area contributed by atoms with E-state index in [9.17, 15) is 45.3 Å². The van der Waals surface area contributed by atoms with E-state index in [4.69, 9.17) is 10.5 Å². The Hall–Kier alpha value is -1.22. The average molecular weight is 382 g/mol. The number of aliphatic hydroxyl groups is 7. The maximum absolute atomic E-state index is 11.2. The van der Waals surface area contributed by atoms with Gasteiger partial charge < -0.3 is 56.3 Å². The van der Waals surface area contributed by atoms with E-state index in [1.807, 2.05) is 5.32 Å². The van der Waals surface area contributed by atoms with Crippen molar-refractivity contribution in [2.45, 2.75) is 61.2 Å². The van der Waals surface area contributed by atoms with E-state index in [1.54, 1.807) is 0 Å². The number of carbonyl (C=O) groups is 2. The molecule has 152 valence electrons. The molecular weight excluding hydrogens is 356 g/mol. The molecule has 1 rings (SSSR count). The smallest absolute Gasteiger partial charge is 0.217 e. The van der Waals surface area contributed by atoms with Crippen LogP contribution >= 0.6 is 0 Å². The van der Waals surface area contributed by atoms with Crippen molar-refractivity contribution in [3.8, 4) is 0 Å². The van der Waals surface area contributed by atoms with Gasteiger partial charge in [0.15, 0.2) is 0 Å². The molecule has 1 aliphatic rings. The Morgan fingerprint density at radius 3 is 2.31 bits per heavy atom. The number of hydrogen-bond donors (Lipinski definition) is 9. The first-order valence-corrected chi connectivity index (χ1v) is 7.85. The summed E-state index contributed by atoms with van der Waals surface area (Å²) >= 11 is 0. The van der Waals surface area contributed by atoms with Crippen LogP contribution in [0, 0.1) is 0 Å². The van der Waals surface area contributed by atoms with Crippen LogP contribution in [0.1, 0.15) is 6.92 Å². The summed E-state index contributed by atoms with van der Waals surface area (Å²) in [5.74, 6) is -0.737. The molecule has 12 nitrogen and oxygen atoms in total. The van der Waals surface area contributed by atoms with Crippen molar-refractivity contribution in [2.24, 2.45) is 5.73 Å². The van der Waals surface area contributed by atoms with Gasteiger partial charge >= 0.3 is 0 Å². The highest BCUT2D eigenvalue weighted by atomic mass is 16.5. The molecule has 0 aromatic carbocycles. The number of nitrogens with two attached hydrogens (primary N) is 1. The number of nitrogens with one attached hydrogen (secondary N) is 1. The Bertz CT molecular complexity index is 492. The van der Waals surface area contributed by atoms with Crippen molar-refractivity contribution in [2.75, 3.05) is 13.2 Å². The predicted octanol–water partition coefficient (Wildman–Crippen LogP) is -6.06. The molecule has 1 aliphatic heterocycles. The van der Waals surface area contributed by atoms with E-state index in [0.29, 0.717) is 0 Å². The van der Waals surface area contributed by atoms with E-state index >= 15 is 0 Å². The molecule has 0 spiro atoms. The van der Waals surface area contributed by atoms with E-state index in [1.165, 1.54) is 0 Å². The van der Waals surface area contributed by atoms with Gasteiger partial charge in [0, 0.05) is 6.92 Å². The van der Waals surface area contributed by atoms with Gasteiger partial charge in [-0.25, -0.2) is 0 Å². The molecule has 26 heavy (non-hydrogen) atoms. The Morgan fingerprint density at radius 1 is 1.31 bits per heavy atom. The summed E-state index contributed by atoms with van der Waals surface area (Å²) in [5.41, 5.74) is 2.88. The van der Waals surface area contributed by atoms with Crippen LogP contribution in [0.4, 0.5) is 0 Å². The second kappa shape index (κ2) is 9.12. The van der Waals surface area contributed by atoms with Crippen molar-refractivity contribution in [3.05, 3.63) is 0 Å². The zero-order chi connectivity index (χ0) is 20.2. The van der Waals surface area contributed by atoms with Gasteiger partial charge in [-0.1, -0.05) is 0 Å². The highest BCUT2D eigenvalue weighted by Crippen LogP contribution is 2.33. The normalized spacial score (nSPS) is 35.0. The first-order chi connectivity index (χ1) is 12.1. The first kappa shape index (κ1) is 22.8. The van der Waals surface area contributed by atoms with Crippen molar-refractivity contribution in [3.63, 3.8) is 0 Å². The number of aldehydes is 1. The van der Waals surface area contributed by atoms with Crippen LogP contribution in [0.25, 0.3) is 0 Å². The molecule has 0 radical (unpaired) electrons. The molecule has 1 fully saturated rings. The molecule has 1 amide bonds. The fraction of sp³-hybridized carbons (Fsp3) is 0.857. The lowest BCUT2D eigenvalue weighted by molar-refractivity contribution is -0.280. The van der Waals surface area contributed by atoms with Crippen molar-refractivity contribution in [1.29, 1.82) is 0 Å². The number of ether oxygens (including phenoxy) is 1. The SMILES string of the molecule is CC(=O)N[C@@H](C=O)[C@@H](O)[C@](O)([C@H](O)CO)[C@@H]1O[C@H](CO)[C@@H](O)[C@H](O)[C@H]1N. The fourth-order valence-corrected chi connectivity index (χ4v) is 2.97. The van der Waals surface area contributed by atoms with Gasteiger partial charge in [0.2, 0.25) is 5.91 Å². The average Bonchev–Trinajstić information content (AvgIpc) is 2.62. The number of hydrogen-bond acceptors (Lipinski definition) is 11. The van der Waals surface area contributed by atoms with Crippen molar-refractivity contribution in [1.82, 2.24) is 5.32 Å². The quantitative estimate of drug-likeness (QED) is 0.180. The summed E-state index contributed by atoms with van der Waals surface area (Å²) in [7, 11) is 0. The van der Waals surface area contributed by atoms with Gasteiger partial charge in [0.25, 0.3) is 0 Å². The fourth-order valence-electron chi connectivity index (χ4n) is 2.97. The molecule has 0 aromatic rings. The molecule has 12 heteroatoms. The van der Waals surface area contributed by atoms with Crippen LogP contribution in [0.3, 0.4) is 0 Å². The minimum atomic E-state index is -2.85. The lowest BCUT2D eigenvalue weighted by atomic mass is 9.75. The Morgan fingerprint density at radius 2 is 1.88 bits per heavy atom.